The quantitative estimate of drug-likeness (QED) is 0.170. The van der Waals surface area contributed by atoms with Gasteiger partial charge >= 0.3 is 0 Å². The van der Waals surface area contributed by atoms with Gasteiger partial charge in [0.25, 0.3) is 0 Å². The van der Waals surface area contributed by atoms with Crippen molar-refractivity contribution in [1.82, 2.24) is 0 Å². The van der Waals surface area contributed by atoms with E-state index in [0.717, 1.165) is 34.4 Å². The molecular formula is C39H46N2O2. The number of rotatable bonds is 7. The van der Waals surface area contributed by atoms with E-state index in [0.29, 0.717) is 11.1 Å². The normalized spacial score (nSPS) is 12.1. The second-order valence-electron chi connectivity index (χ2n) is 13.9. The lowest BCUT2D eigenvalue weighted by Crippen LogP contribution is -2.27. The van der Waals surface area contributed by atoms with Crippen LogP contribution in [0.5, 0.6) is 5.75 Å². The fourth-order valence-corrected chi connectivity index (χ4v) is 4.71. The molecule has 0 heterocycles. The molecule has 2 N–H and O–H groups in total. The molecule has 0 amide bonds. The molecule has 4 nitrogen and oxygen atoms in total. The molecule has 0 spiro atoms. The van der Waals surface area contributed by atoms with Crippen molar-refractivity contribution in [2.45, 2.75) is 85.2 Å². The average Bonchev–Trinajstić information content (AvgIpc) is 2.96. The first-order chi connectivity index (χ1) is 20.1. The minimum absolute atomic E-state index is 0.0293. The maximum absolute atomic E-state index is 8.59. The largest absolute Gasteiger partial charge is 0.487 e. The molecule has 43 heavy (non-hydrogen) atoms. The average molecular weight is 575 g/mol. The van der Waals surface area contributed by atoms with Gasteiger partial charge in [0.05, 0.1) is 0 Å². The molecule has 0 radical (unpaired) electrons. The molecule has 0 aliphatic carbocycles. The fraction of sp³-hybridized carbons (Fsp3) is 0.333. The summed E-state index contributed by atoms with van der Waals surface area (Å²) in [5.74, 6) is 0.747. The van der Waals surface area contributed by atoms with Gasteiger partial charge in [-0.15, -0.1) is 0 Å². The molecule has 0 aliphatic heterocycles. The van der Waals surface area contributed by atoms with Gasteiger partial charge in [0.1, 0.15) is 11.4 Å². The molecule has 0 saturated carbocycles. The summed E-state index contributed by atoms with van der Waals surface area (Å²) in [6.07, 6.45) is 0.861. The van der Waals surface area contributed by atoms with Crippen LogP contribution in [0.15, 0.2) is 91.0 Å². The Balaban J connectivity index is 1.71. The monoisotopic (exact) mass is 574 g/mol. The first kappa shape index (κ1) is 31.7. The molecule has 0 atom stereocenters. The van der Waals surface area contributed by atoms with Gasteiger partial charge < -0.3 is 9.47 Å². The van der Waals surface area contributed by atoms with Crippen LogP contribution in [-0.2, 0) is 15.6 Å². The van der Waals surface area contributed by atoms with E-state index in [9.17, 15) is 0 Å². The summed E-state index contributed by atoms with van der Waals surface area (Å²) in [7, 11) is 0. The molecular weight excluding hydrogens is 528 g/mol. The summed E-state index contributed by atoms with van der Waals surface area (Å²) in [6.45, 7) is 19.5. The lowest BCUT2D eigenvalue weighted by atomic mass is 9.82. The maximum Gasteiger partial charge on any atom is 0.221 e. The van der Waals surface area contributed by atoms with Crippen molar-refractivity contribution in [3.8, 4) is 28.0 Å². The number of hydrogen-bond donors (Lipinski definition) is 2. The van der Waals surface area contributed by atoms with E-state index in [-0.39, 0.29) is 28.2 Å². The zero-order chi connectivity index (χ0) is 31.6. The standard InChI is InChI=1S/C39H46N2O2/c1-10-39(8,9)43-34-32(26-14-12-11-13-15-26)24-31(38(5,6)7)25-33(34)27-16-18-28(19-17-27)35(40)42-36(41)29-20-22-30(23-21-29)37(2,3)4/h11-25,40-41H,10H2,1-9H3. The van der Waals surface area contributed by atoms with Gasteiger partial charge in [-0.05, 0) is 89.8 Å². The molecule has 0 unspecified atom stereocenters. The Bertz CT molecular complexity index is 1590. The molecule has 0 aromatic heterocycles. The van der Waals surface area contributed by atoms with E-state index in [1.54, 1.807) is 0 Å². The van der Waals surface area contributed by atoms with Gasteiger partial charge in [0, 0.05) is 22.3 Å². The van der Waals surface area contributed by atoms with Crippen molar-refractivity contribution in [1.29, 1.82) is 10.8 Å². The minimum Gasteiger partial charge on any atom is -0.487 e. The van der Waals surface area contributed by atoms with Crippen LogP contribution < -0.4 is 4.74 Å². The minimum atomic E-state index is -0.358. The van der Waals surface area contributed by atoms with E-state index in [1.807, 2.05) is 54.6 Å². The molecule has 4 aromatic rings. The van der Waals surface area contributed by atoms with Crippen LogP contribution in [0.3, 0.4) is 0 Å². The summed E-state index contributed by atoms with van der Waals surface area (Å²) in [6, 6.07) is 30.5. The Morgan fingerprint density at radius 3 is 1.47 bits per heavy atom. The van der Waals surface area contributed by atoms with Gasteiger partial charge in [-0.1, -0.05) is 103 Å². The van der Waals surface area contributed by atoms with E-state index >= 15 is 0 Å². The predicted octanol–water partition coefficient (Wildman–Crippen LogP) is 10.6. The number of ether oxygens (including phenoxy) is 2. The number of nitrogens with one attached hydrogen (secondary N) is 2. The van der Waals surface area contributed by atoms with E-state index < -0.39 is 0 Å². The summed E-state index contributed by atoms with van der Waals surface area (Å²) in [4.78, 5) is 0. The van der Waals surface area contributed by atoms with Crippen molar-refractivity contribution in [2.24, 2.45) is 0 Å². The van der Waals surface area contributed by atoms with E-state index in [1.165, 1.54) is 11.1 Å². The highest BCUT2D eigenvalue weighted by Crippen LogP contribution is 2.44. The second-order valence-corrected chi connectivity index (χ2v) is 13.9. The molecule has 224 valence electrons. The lowest BCUT2D eigenvalue weighted by molar-refractivity contribution is 0.107. The first-order valence-electron chi connectivity index (χ1n) is 15.1. The zero-order valence-electron chi connectivity index (χ0n) is 27.2. The topological polar surface area (TPSA) is 66.2 Å². The summed E-state index contributed by atoms with van der Waals surface area (Å²) >= 11 is 0. The zero-order valence-corrected chi connectivity index (χ0v) is 27.2. The van der Waals surface area contributed by atoms with Crippen LogP contribution in [0.1, 0.15) is 91.0 Å². The maximum atomic E-state index is 8.59. The summed E-state index contributed by atoms with van der Waals surface area (Å²) < 4.78 is 12.5. The van der Waals surface area contributed by atoms with E-state index in [4.69, 9.17) is 20.3 Å². The highest BCUT2D eigenvalue weighted by molar-refractivity contribution is 6.05. The number of hydrogen-bond acceptors (Lipinski definition) is 4. The molecule has 0 aliphatic rings. The van der Waals surface area contributed by atoms with Crippen LogP contribution in [0.2, 0.25) is 0 Å². The molecule has 0 fully saturated rings. The molecule has 0 bridgehead atoms. The van der Waals surface area contributed by atoms with Gasteiger partial charge in [-0.2, -0.15) is 0 Å². The van der Waals surface area contributed by atoms with Gasteiger partial charge in [-0.3, -0.25) is 10.8 Å². The summed E-state index contributed by atoms with van der Waals surface area (Å²) in [5, 5.41) is 17.0. The highest BCUT2D eigenvalue weighted by atomic mass is 16.5. The third-order valence-corrected chi connectivity index (χ3v) is 7.94. The van der Waals surface area contributed by atoms with Crippen LogP contribution in [0.25, 0.3) is 22.3 Å². The van der Waals surface area contributed by atoms with E-state index in [2.05, 4.69) is 98.7 Å². The van der Waals surface area contributed by atoms with Crippen LogP contribution in [-0.4, -0.2) is 17.4 Å². The predicted molar refractivity (Wildman–Crippen MR) is 181 cm³/mol. The van der Waals surface area contributed by atoms with Crippen LogP contribution in [0.4, 0.5) is 0 Å². The van der Waals surface area contributed by atoms with Crippen molar-refractivity contribution >= 4 is 11.8 Å². The summed E-state index contributed by atoms with van der Waals surface area (Å²) in [5.41, 5.74) is 7.43. The molecule has 4 aromatic carbocycles. The Hall–Kier alpha value is -4.18. The van der Waals surface area contributed by atoms with Gasteiger partial charge in [-0.25, -0.2) is 0 Å². The molecule has 0 saturated heterocycles. The Morgan fingerprint density at radius 1 is 0.581 bits per heavy atom. The Kier molecular flexibility index (Phi) is 9.01. The Labute approximate surface area is 258 Å². The fourth-order valence-electron chi connectivity index (χ4n) is 4.71. The Morgan fingerprint density at radius 2 is 1.02 bits per heavy atom. The smallest absolute Gasteiger partial charge is 0.221 e. The van der Waals surface area contributed by atoms with Crippen molar-refractivity contribution in [3.05, 3.63) is 113 Å². The van der Waals surface area contributed by atoms with Gasteiger partial charge in [0.2, 0.25) is 11.8 Å². The third kappa shape index (κ3) is 7.62. The molecule has 4 rings (SSSR count). The first-order valence-corrected chi connectivity index (χ1v) is 15.1. The molecule has 4 heteroatoms. The third-order valence-electron chi connectivity index (χ3n) is 7.94. The van der Waals surface area contributed by atoms with Crippen LogP contribution in [0, 0.1) is 10.8 Å². The second kappa shape index (κ2) is 12.2. The number of benzene rings is 4. The van der Waals surface area contributed by atoms with Crippen molar-refractivity contribution in [2.75, 3.05) is 0 Å². The SMILES string of the molecule is CCC(C)(C)Oc1c(-c2ccccc2)cc(C(C)(C)C)cc1-c1ccc(C(=N)OC(=N)c2ccc(C(C)(C)C)cc2)cc1. The van der Waals surface area contributed by atoms with Crippen LogP contribution >= 0.6 is 0 Å². The highest BCUT2D eigenvalue weighted by Gasteiger charge is 2.26. The van der Waals surface area contributed by atoms with Gasteiger partial charge in [0.15, 0.2) is 0 Å². The van der Waals surface area contributed by atoms with Crippen molar-refractivity contribution < 1.29 is 9.47 Å². The lowest BCUT2D eigenvalue weighted by Gasteiger charge is -2.30. The van der Waals surface area contributed by atoms with Crippen molar-refractivity contribution in [3.63, 3.8) is 0 Å².